The van der Waals surface area contributed by atoms with Gasteiger partial charge in [-0.15, -0.1) is 0 Å². The van der Waals surface area contributed by atoms with Crippen LogP contribution in [0, 0.1) is 0 Å². The Morgan fingerprint density at radius 1 is 1.19 bits per heavy atom. The zero-order valence-corrected chi connectivity index (χ0v) is 15.1. The van der Waals surface area contributed by atoms with Crippen LogP contribution >= 0.6 is 31.9 Å². The summed E-state index contributed by atoms with van der Waals surface area (Å²) in [5.41, 5.74) is 0.988. The van der Waals surface area contributed by atoms with Gasteiger partial charge in [0.2, 0.25) is 0 Å². The Morgan fingerprint density at radius 3 is 2.57 bits per heavy atom. The van der Waals surface area contributed by atoms with Crippen molar-refractivity contribution in [3.05, 3.63) is 51.0 Å². The zero-order valence-electron chi connectivity index (χ0n) is 11.1. The molecule has 0 spiro atoms. The fraction of sp³-hybridized carbons (Fsp3) is 0.154. The quantitative estimate of drug-likeness (QED) is 0.758. The number of hydrogen-bond donors (Lipinski definition) is 2. The Labute approximate surface area is 140 Å². The molecule has 0 aliphatic carbocycles. The molecule has 1 heterocycles. The average Bonchev–Trinajstić information content (AvgIpc) is 2.41. The summed E-state index contributed by atoms with van der Waals surface area (Å²) in [7, 11) is -1.88. The van der Waals surface area contributed by atoms with E-state index in [1.165, 1.54) is 6.20 Å². The highest BCUT2D eigenvalue weighted by Gasteiger charge is 2.19. The molecular formula is C13H13Br2N3O2S. The van der Waals surface area contributed by atoms with Gasteiger partial charge in [0.15, 0.2) is 5.82 Å². The molecule has 8 heteroatoms. The molecule has 1 aromatic carbocycles. The molecule has 0 fully saturated rings. The number of hydrogen-bond acceptors (Lipinski definition) is 4. The van der Waals surface area contributed by atoms with E-state index >= 15 is 0 Å². The maximum Gasteiger partial charge on any atom is 0.264 e. The number of aromatic nitrogens is 1. The summed E-state index contributed by atoms with van der Waals surface area (Å²) >= 11 is 6.57. The Bertz CT molecular complexity index is 751. The lowest BCUT2D eigenvalue weighted by Gasteiger charge is -2.11. The highest BCUT2D eigenvalue weighted by Crippen LogP contribution is 2.27. The van der Waals surface area contributed by atoms with Gasteiger partial charge in [0.05, 0.1) is 4.47 Å². The van der Waals surface area contributed by atoms with Crippen LogP contribution in [-0.4, -0.2) is 20.4 Å². The minimum atomic E-state index is -3.71. The van der Waals surface area contributed by atoms with Crippen molar-refractivity contribution in [2.24, 2.45) is 0 Å². The minimum absolute atomic E-state index is 0.167. The van der Waals surface area contributed by atoms with Crippen molar-refractivity contribution in [2.75, 3.05) is 11.8 Å². The van der Waals surface area contributed by atoms with Crippen LogP contribution in [0.15, 0.2) is 50.4 Å². The van der Waals surface area contributed by atoms with Crippen molar-refractivity contribution < 1.29 is 8.42 Å². The summed E-state index contributed by atoms with van der Waals surface area (Å²) in [6, 6.07) is 8.54. The van der Waals surface area contributed by atoms with Crippen molar-refractivity contribution in [3.8, 4) is 0 Å². The van der Waals surface area contributed by atoms with Crippen LogP contribution in [0.3, 0.4) is 0 Å². The summed E-state index contributed by atoms with van der Waals surface area (Å²) in [4.78, 5) is 4.17. The molecule has 0 unspecified atom stereocenters. The molecule has 0 aliphatic heterocycles. The standard InChI is InChI=1S/C13H13Br2N3O2S/c1-16-8-9-4-5-12(11(15)7-9)21(19,20)18-13-10(14)3-2-6-17-13/h2-7,16H,8H2,1H3,(H,17,18). The van der Waals surface area contributed by atoms with Crippen molar-refractivity contribution in [2.45, 2.75) is 11.4 Å². The van der Waals surface area contributed by atoms with Crippen molar-refractivity contribution >= 4 is 47.7 Å². The second-order valence-corrected chi connectivity index (χ2v) is 7.59. The van der Waals surface area contributed by atoms with Crippen molar-refractivity contribution in [3.63, 3.8) is 0 Å². The maximum atomic E-state index is 12.4. The molecule has 0 saturated carbocycles. The third kappa shape index (κ3) is 4.03. The van der Waals surface area contributed by atoms with Gasteiger partial charge in [-0.3, -0.25) is 4.72 Å². The van der Waals surface area contributed by atoms with E-state index in [4.69, 9.17) is 0 Å². The number of rotatable bonds is 5. The predicted molar refractivity (Wildman–Crippen MR) is 89.7 cm³/mol. The number of nitrogens with zero attached hydrogens (tertiary/aromatic N) is 1. The van der Waals surface area contributed by atoms with Gasteiger partial charge in [0, 0.05) is 17.2 Å². The van der Waals surface area contributed by atoms with Gasteiger partial charge < -0.3 is 5.32 Å². The van der Waals surface area contributed by atoms with E-state index < -0.39 is 10.0 Å². The zero-order chi connectivity index (χ0) is 15.5. The van der Waals surface area contributed by atoms with E-state index in [1.807, 2.05) is 7.05 Å². The molecule has 2 rings (SSSR count). The van der Waals surface area contributed by atoms with E-state index in [9.17, 15) is 8.42 Å². The smallest absolute Gasteiger partial charge is 0.264 e. The third-order valence-electron chi connectivity index (χ3n) is 2.66. The molecule has 2 N–H and O–H groups in total. The number of sulfonamides is 1. The molecule has 2 aromatic rings. The third-order valence-corrected chi connectivity index (χ3v) is 5.61. The number of benzene rings is 1. The second-order valence-electron chi connectivity index (χ2n) is 4.23. The predicted octanol–water partition coefficient (Wildman–Crippen LogP) is 3.13. The molecule has 1 aromatic heterocycles. The SMILES string of the molecule is CNCc1ccc(S(=O)(=O)Nc2ncccc2Br)c(Br)c1. The first-order valence-electron chi connectivity index (χ1n) is 6.00. The number of pyridine rings is 1. The molecule has 0 amide bonds. The maximum absolute atomic E-state index is 12.4. The van der Waals surface area contributed by atoms with Gasteiger partial charge in [0.1, 0.15) is 4.90 Å². The van der Waals surface area contributed by atoms with Crippen molar-refractivity contribution in [1.82, 2.24) is 10.3 Å². The molecule has 0 aliphatic rings. The van der Waals surface area contributed by atoms with Crippen LogP contribution < -0.4 is 10.0 Å². The number of nitrogens with one attached hydrogen (secondary N) is 2. The van der Waals surface area contributed by atoms with Crippen LogP contribution in [0.5, 0.6) is 0 Å². The van der Waals surface area contributed by atoms with Gasteiger partial charge in [-0.05, 0) is 68.7 Å². The summed E-state index contributed by atoms with van der Waals surface area (Å²) < 4.78 is 28.4. The Balaban J connectivity index is 2.34. The lowest BCUT2D eigenvalue weighted by molar-refractivity contribution is 0.600. The lowest BCUT2D eigenvalue weighted by atomic mass is 10.2. The Kier molecular flexibility index (Phi) is 5.37. The number of anilines is 1. The fourth-order valence-electron chi connectivity index (χ4n) is 1.72. The monoisotopic (exact) mass is 433 g/mol. The lowest BCUT2D eigenvalue weighted by Crippen LogP contribution is -2.15. The van der Waals surface area contributed by atoms with Crippen LogP contribution in [0.1, 0.15) is 5.56 Å². The van der Waals surface area contributed by atoms with E-state index in [0.717, 1.165) is 5.56 Å². The normalized spacial score (nSPS) is 11.4. The summed E-state index contributed by atoms with van der Waals surface area (Å²) in [6.45, 7) is 0.665. The molecular weight excluding hydrogens is 422 g/mol. The van der Waals surface area contributed by atoms with Gasteiger partial charge in [0.25, 0.3) is 10.0 Å². The van der Waals surface area contributed by atoms with E-state index in [2.05, 4.69) is 46.9 Å². The first kappa shape index (κ1) is 16.4. The van der Waals surface area contributed by atoms with Gasteiger partial charge in [-0.25, -0.2) is 13.4 Å². The Hall–Kier alpha value is -0.960. The molecule has 0 bridgehead atoms. The molecule has 0 atom stereocenters. The van der Waals surface area contributed by atoms with Crippen LogP contribution in [0.2, 0.25) is 0 Å². The summed E-state index contributed by atoms with van der Waals surface area (Å²) in [5.74, 6) is 0.253. The molecule has 112 valence electrons. The highest BCUT2D eigenvalue weighted by molar-refractivity contribution is 9.11. The minimum Gasteiger partial charge on any atom is -0.316 e. The molecule has 21 heavy (non-hydrogen) atoms. The first-order valence-corrected chi connectivity index (χ1v) is 9.07. The second kappa shape index (κ2) is 6.87. The topological polar surface area (TPSA) is 71.1 Å². The van der Waals surface area contributed by atoms with Gasteiger partial charge in [-0.1, -0.05) is 6.07 Å². The fourth-order valence-corrected chi connectivity index (χ4v) is 4.36. The van der Waals surface area contributed by atoms with Gasteiger partial charge in [-0.2, -0.15) is 0 Å². The molecule has 5 nitrogen and oxygen atoms in total. The average molecular weight is 435 g/mol. The van der Waals surface area contributed by atoms with Crippen molar-refractivity contribution in [1.29, 1.82) is 0 Å². The van der Waals surface area contributed by atoms with Gasteiger partial charge >= 0.3 is 0 Å². The highest BCUT2D eigenvalue weighted by atomic mass is 79.9. The van der Waals surface area contributed by atoms with E-state index in [1.54, 1.807) is 30.3 Å². The van der Waals surface area contributed by atoms with E-state index in [-0.39, 0.29) is 10.7 Å². The van der Waals surface area contributed by atoms with Crippen LogP contribution in [-0.2, 0) is 16.6 Å². The molecule has 0 saturated heterocycles. The summed E-state index contributed by atoms with van der Waals surface area (Å²) in [5, 5.41) is 3.01. The first-order chi connectivity index (χ1) is 9.94. The van der Waals surface area contributed by atoms with E-state index in [0.29, 0.717) is 15.5 Å². The molecule has 0 radical (unpaired) electrons. The summed E-state index contributed by atoms with van der Waals surface area (Å²) in [6.07, 6.45) is 1.52. The Morgan fingerprint density at radius 2 is 1.95 bits per heavy atom. The van der Waals surface area contributed by atoms with Crippen LogP contribution in [0.4, 0.5) is 5.82 Å². The van der Waals surface area contributed by atoms with Crippen LogP contribution in [0.25, 0.3) is 0 Å². The number of halogens is 2. The largest absolute Gasteiger partial charge is 0.316 e.